The summed E-state index contributed by atoms with van der Waals surface area (Å²) in [6, 6.07) is 3.67. The van der Waals surface area contributed by atoms with Crippen molar-refractivity contribution in [3.8, 4) is 0 Å². The van der Waals surface area contributed by atoms with Crippen LogP contribution in [0.2, 0.25) is 0 Å². The molecule has 0 aliphatic rings. The molecule has 0 saturated heterocycles. The van der Waals surface area contributed by atoms with Gasteiger partial charge in [0.2, 0.25) is 0 Å². The second kappa shape index (κ2) is 9.98. The van der Waals surface area contributed by atoms with Crippen molar-refractivity contribution in [1.82, 2.24) is 0 Å². The van der Waals surface area contributed by atoms with Gasteiger partial charge in [-0.2, -0.15) is 0 Å². The molecule has 114 valence electrons. The van der Waals surface area contributed by atoms with Crippen LogP contribution in [0.3, 0.4) is 0 Å². The van der Waals surface area contributed by atoms with Gasteiger partial charge in [0.15, 0.2) is 0 Å². The fourth-order valence-corrected chi connectivity index (χ4v) is 2.78. The molecule has 1 rings (SSSR count). The van der Waals surface area contributed by atoms with Crippen molar-refractivity contribution in [3.05, 3.63) is 35.4 Å². The van der Waals surface area contributed by atoms with Crippen LogP contribution >= 0.6 is 0 Å². The number of hydrogen-bond donors (Lipinski definition) is 0. The van der Waals surface area contributed by atoms with Gasteiger partial charge in [0, 0.05) is 26.9 Å². The van der Waals surface area contributed by atoms with E-state index in [4.69, 9.17) is 13.3 Å². The average molecular weight is 304 g/mol. The van der Waals surface area contributed by atoms with E-state index >= 15 is 0 Å². The zero-order valence-corrected chi connectivity index (χ0v) is 13.2. The van der Waals surface area contributed by atoms with E-state index in [1.54, 1.807) is 14.2 Å². The number of aryl methyl sites for hydroxylation is 1. The van der Waals surface area contributed by atoms with Crippen LogP contribution in [0.25, 0.3) is 0 Å². The first-order valence-corrected chi connectivity index (χ1v) is 8.19. The minimum atomic E-state index is -1.89. The Balaban J connectivity index is 2.07. The maximum absolute atomic E-state index is 13.0. The Hall–Kier alpha value is -0.823. The number of halogens is 2. The van der Waals surface area contributed by atoms with E-state index in [1.165, 1.54) is 12.1 Å². The smallest absolute Gasteiger partial charge is 0.379 e. The summed E-state index contributed by atoms with van der Waals surface area (Å²) < 4.78 is 41.4. The van der Waals surface area contributed by atoms with Crippen molar-refractivity contribution in [2.45, 2.75) is 32.1 Å². The molecule has 0 aromatic heterocycles. The molecule has 0 spiro atoms. The van der Waals surface area contributed by atoms with Crippen molar-refractivity contribution >= 4 is 9.53 Å². The zero-order valence-electron chi connectivity index (χ0n) is 12.0. The first-order valence-electron chi connectivity index (χ1n) is 6.78. The molecule has 1 aromatic rings. The van der Waals surface area contributed by atoms with Crippen LogP contribution in [0.1, 0.15) is 31.2 Å². The lowest BCUT2D eigenvalue weighted by atomic mass is 10.1. The third-order valence-corrected chi connectivity index (χ3v) is 4.20. The molecular weight excluding hydrogens is 282 g/mol. The van der Waals surface area contributed by atoms with E-state index in [-0.39, 0.29) is 0 Å². The summed E-state index contributed by atoms with van der Waals surface area (Å²) in [6.45, 7) is 0.632. The third kappa shape index (κ3) is 7.09. The molecule has 0 fully saturated rings. The first kappa shape index (κ1) is 17.2. The number of benzene rings is 1. The quantitative estimate of drug-likeness (QED) is 0.491. The SMILES string of the molecule is CO[SiH](OC)OCCCCCCc1cc(F)cc(F)c1. The van der Waals surface area contributed by atoms with Gasteiger partial charge in [-0.1, -0.05) is 12.8 Å². The second-order valence-electron chi connectivity index (χ2n) is 4.57. The van der Waals surface area contributed by atoms with Gasteiger partial charge in [-0.05, 0) is 37.0 Å². The van der Waals surface area contributed by atoms with E-state index in [9.17, 15) is 8.78 Å². The van der Waals surface area contributed by atoms with E-state index < -0.39 is 21.2 Å². The maximum Gasteiger partial charge on any atom is 0.483 e. The number of hydrogen-bond acceptors (Lipinski definition) is 3. The van der Waals surface area contributed by atoms with E-state index in [0.29, 0.717) is 18.6 Å². The molecule has 0 unspecified atom stereocenters. The molecule has 0 radical (unpaired) electrons. The van der Waals surface area contributed by atoms with Gasteiger partial charge in [0.05, 0.1) is 0 Å². The van der Waals surface area contributed by atoms with Crippen molar-refractivity contribution in [3.63, 3.8) is 0 Å². The Kier molecular flexibility index (Phi) is 8.60. The minimum absolute atomic E-state index is 0.511. The summed E-state index contributed by atoms with van der Waals surface area (Å²) in [4.78, 5) is 0. The van der Waals surface area contributed by atoms with Crippen LogP contribution in [-0.2, 0) is 19.7 Å². The highest BCUT2D eigenvalue weighted by Crippen LogP contribution is 2.12. The Morgan fingerprint density at radius 1 is 0.900 bits per heavy atom. The van der Waals surface area contributed by atoms with Crippen molar-refractivity contribution in [1.29, 1.82) is 0 Å². The highest BCUT2D eigenvalue weighted by atomic mass is 28.3. The Morgan fingerprint density at radius 2 is 1.50 bits per heavy atom. The number of rotatable bonds is 10. The average Bonchev–Trinajstić information content (AvgIpc) is 2.41. The van der Waals surface area contributed by atoms with E-state index in [2.05, 4.69) is 0 Å². The lowest BCUT2D eigenvalue weighted by Crippen LogP contribution is -2.24. The summed E-state index contributed by atoms with van der Waals surface area (Å²) in [5, 5.41) is 0. The molecule has 0 N–H and O–H groups in total. The number of unbranched alkanes of at least 4 members (excludes halogenated alkanes) is 3. The standard InChI is InChI=1S/C14H22F2O3Si/c1-17-20(18-2)19-8-6-4-3-5-7-12-9-13(15)11-14(16)10-12/h9-11,20H,3-8H2,1-2H3. The molecule has 0 saturated carbocycles. The molecule has 1 aromatic carbocycles. The van der Waals surface area contributed by atoms with Crippen LogP contribution < -0.4 is 0 Å². The highest BCUT2D eigenvalue weighted by molar-refractivity contribution is 6.36. The topological polar surface area (TPSA) is 27.7 Å². The van der Waals surface area contributed by atoms with Crippen LogP contribution in [0.5, 0.6) is 0 Å². The van der Waals surface area contributed by atoms with E-state index in [0.717, 1.165) is 31.7 Å². The van der Waals surface area contributed by atoms with Crippen molar-refractivity contribution < 1.29 is 22.1 Å². The van der Waals surface area contributed by atoms with Gasteiger partial charge in [0.1, 0.15) is 11.6 Å². The normalized spacial score (nSPS) is 11.2. The molecule has 0 heterocycles. The van der Waals surface area contributed by atoms with Gasteiger partial charge in [-0.15, -0.1) is 0 Å². The monoisotopic (exact) mass is 304 g/mol. The second-order valence-corrected chi connectivity index (χ2v) is 6.43. The van der Waals surface area contributed by atoms with Gasteiger partial charge >= 0.3 is 9.53 Å². The van der Waals surface area contributed by atoms with Gasteiger partial charge in [-0.3, -0.25) is 0 Å². The minimum Gasteiger partial charge on any atom is -0.379 e. The van der Waals surface area contributed by atoms with Crippen LogP contribution in [-0.4, -0.2) is 30.4 Å². The lowest BCUT2D eigenvalue weighted by Gasteiger charge is -2.11. The molecule has 0 bridgehead atoms. The predicted octanol–water partition coefficient (Wildman–Crippen LogP) is 3.09. The van der Waals surface area contributed by atoms with Crippen LogP contribution in [0, 0.1) is 11.6 Å². The third-order valence-electron chi connectivity index (χ3n) is 2.92. The van der Waals surface area contributed by atoms with E-state index in [1.807, 2.05) is 0 Å². The maximum atomic E-state index is 13.0. The molecule has 3 nitrogen and oxygen atoms in total. The Morgan fingerprint density at radius 3 is 2.10 bits per heavy atom. The fourth-order valence-electron chi connectivity index (χ4n) is 1.95. The first-order chi connectivity index (χ1) is 9.65. The molecule has 0 aliphatic carbocycles. The molecular formula is C14H22F2O3Si. The molecule has 6 heteroatoms. The van der Waals surface area contributed by atoms with Crippen LogP contribution in [0.15, 0.2) is 18.2 Å². The van der Waals surface area contributed by atoms with Crippen LogP contribution in [0.4, 0.5) is 8.78 Å². The molecule has 0 aliphatic heterocycles. The summed E-state index contributed by atoms with van der Waals surface area (Å²) in [6.07, 6.45) is 4.58. The molecule has 20 heavy (non-hydrogen) atoms. The zero-order chi connectivity index (χ0) is 14.8. The molecule has 0 amide bonds. The lowest BCUT2D eigenvalue weighted by molar-refractivity contribution is 0.133. The van der Waals surface area contributed by atoms with Crippen molar-refractivity contribution in [2.75, 3.05) is 20.8 Å². The summed E-state index contributed by atoms with van der Waals surface area (Å²) in [7, 11) is 1.27. The van der Waals surface area contributed by atoms with Gasteiger partial charge < -0.3 is 13.3 Å². The predicted molar refractivity (Wildman–Crippen MR) is 75.6 cm³/mol. The molecule has 0 atom stereocenters. The summed E-state index contributed by atoms with van der Waals surface area (Å²) >= 11 is 0. The van der Waals surface area contributed by atoms with Crippen molar-refractivity contribution in [2.24, 2.45) is 0 Å². The highest BCUT2D eigenvalue weighted by Gasteiger charge is 2.09. The van der Waals surface area contributed by atoms with Gasteiger partial charge in [-0.25, -0.2) is 8.78 Å². The summed E-state index contributed by atoms with van der Waals surface area (Å²) in [5.41, 5.74) is 0.713. The largest absolute Gasteiger partial charge is 0.483 e. The summed E-state index contributed by atoms with van der Waals surface area (Å²) in [5.74, 6) is -1.02. The fraction of sp³-hybridized carbons (Fsp3) is 0.571. The Labute approximate surface area is 120 Å². The van der Waals surface area contributed by atoms with Gasteiger partial charge in [0.25, 0.3) is 0 Å². The Bertz CT molecular complexity index is 366.